The lowest BCUT2D eigenvalue weighted by Gasteiger charge is -2.34. The monoisotopic (exact) mass is 290 g/mol. The van der Waals surface area contributed by atoms with E-state index in [-0.39, 0.29) is 18.1 Å². The fourth-order valence-electron chi connectivity index (χ4n) is 2.18. The van der Waals surface area contributed by atoms with Gasteiger partial charge >= 0.3 is 0 Å². The van der Waals surface area contributed by atoms with Crippen LogP contribution in [0.2, 0.25) is 0 Å². The van der Waals surface area contributed by atoms with Crippen LogP contribution in [0.3, 0.4) is 0 Å². The van der Waals surface area contributed by atoms with Gasteiger partial charge in [-0.3, -0.25) is 4.79 Å². The summed E-state index contributed by atoms with van der Waals surface area (Å²) in [4.78, 5) is 14.0. The second kappa shape index (κ2) is 7.24. The molecule has 5 nitrogen and oxygen atoms in total. The molecule has 5 heteroatoms. The molecule has 2 rings (SSSR count). The number of hydrogen-bond donors (Lipinski definition) is 1. The molecule has 0 aromatic heterocycles. The minimum absolute atomic E-state index is 0.0141. The molecule has 2 N–H and O–H groups in total. The minimum atomic E-state index is -0.0860. The summed E-state index contributed by atoms with van der Waals surface area (Å²) in [7, 11) is 1.63. The van der Waals surface area contributed by atoms with Crippen LogP contribution in [0.4, 0.5) is 0 Å². The van der Waals surface area contributed by atoms with E-state index >= 15 is 0 Å². The van der Waals surface area contributed by atoms with Crippen LogP contribution in [0, 0.1) is 0 Å². The first-order chi connectivity index (χ1) is 10.1. The van der Waals surface area contributed by atoms with Crippen molar-refractivity contribution < 1.29 is 14.3 Å². The minimum Gasteiger partial charge on any atom is -0.497 e. The van der Waals surface area contributed by atoms with E-state index in [1.807, 2.05) is 31.2 Å². The van der Waals surface area contributed by atoms with Crippen molar-refractivity contribution in [3.05, 3.63) is 35.9 Å². The fourth-order valence-corrected chi connectivity index (χ4v) is 2.18. The predicted octanol–water partition coefficient (Wildman–Crippen LogP) is 1.28. The van der Waals surface area contributed by atoms with Gasteiger partial charge in [0.2, 0.25) is 5.91 Å². The fraction of sp³-hybridized carbons (Fsp3) is 0.438. The number of morpholine rings is 1. The first kappa shape index (κ1) is 15.5. The molecule has 0 spiro atoms. The van der Waals surface area contributed by atoms with Crippen LogP contribution in [-0.2, 0) is 9.53 Å². The molecule has 1 saturated heterocycles. The van der Waals surface area contributed by atoms with E-state index in [9.17, 15) is 4.79 Å². The summed E-state index contributed by atoms with van der Waals surface area (Å²) in [6.45, 7) is 3.58. The van der Waals surface area contributed by atoms with Gasteiger partial charge in [0.1, 0.15) is 5.75 Å². The number of benzene rings is 1. The second-order valence-electron chi connectivity index (χ2n) is 5.16. The summed E-state index contributed by atoms with van der Waals surface area (Å²) in [5, 5.41) is 0. The van der Waals surface area contributed by atoms with Gasteiger partial charge in [-0.1, -0.05) is 12.1 Å². The molecule has 21 heavy (non-hydrogen) atoms. The third-order valence-corrected chi connectivity index (χ3v) is 3.53. The molecule has 2 atom stereocenters. The Kier molecular flexibility index (Phi) is 5.36. The summed E-state index contributed by atoms with van der Waals surface area (Å²) >= 11 is 0. The van der Waals surface area contributed by atoms with Crippen molar-refractivity contribution in [3.63, 3.8) is 0 Å². The zero-order valence-electron chi connectivity index (χ0n) is 12.5. The van der Waals surface area contributed by atoms with Gasteiger partial charge < -0.3 is 20.1 Å². The molecule has 1 aromatic rings. The number of ether oxygens (including phenoxy) is 2. The van der Waals surface area contributed by atoms with Crippen LogP contribution in [0.5, 0.6) is 5.75 Å². The third kappa shape index (κ3) is 4.31. The van der Waals surface area contributed by atoms with Crippen molar-refractivity contribution in [1.29, 1.82) is 0 Å². The highest BCUT2D eigenvalue weighted by atomic mass is 16.5. The highest BCUT2D eigenvalue weighted by Crippen LogP contribution is 2.13. The maximum absolute atomic E-state index is 12.2. The summed E-state index contributed by atoms with van der Waals surface area (Å²) in [5.74, 6) is 0.784. The van der Waals surface area contributed by atoms with Crippen molar-refractivity contribution in [2.45, 2.75) is 19.1 Å². The average Bonchev–Trinajstić information content (AvgIpc) is 2.53. The van der Waals surface area contributed by atoms with Gasteiger partial charge in [-0.2, -0.15) is 0 Å². The Morgan fingerprint density at radius 3 is 2.81 bits per heavy atom. The lowest BCUT2D eigenvalue weighted by molar-refractivity contribution is -0.134. The molecular weight excluding hydrogens is 268 g/mol. The largest absolute Gasteiger partial charge is 0.497 e. The molecular formula is C16H22N2O3. The van der Waals surface area contributed by atoms with Crippen LogP contribution in [-0.4, -0.2) is 49.8 Å². The van der Waals surface area contributed by atoms with Crippen molar-refractivity contribution in [1.82, 2.24) is 4.90 Å². The molecule has 1 aliphatic heterocycles. The quantitative estimate of drug-likeness (QED) is 0.849. The van der Waals surface area contributed by atoms with E-state index in [0.717, 1.165) is 11.3 Å². The van der Waals surface area contributed by atoms with Crippen LogP contribution < -0.4 is 10.5 Å². The van der Waals surface area contributed by atoms with Gasteiger partial charge in [0.25, 0.3) is 0 Å². The molecule has 0 radical (unpaired) electrons. The van der Waals surface area contributed by atoms with Gasteiger partial charge in [0, 0.05) is 25.2 Å². The smallest absolute Gasteiger partial charge is 0.246 e. The number of nitrogens with two attached hydrogens (primary N) is 1. The van der Waals surface area contributed by atoms with E-state index < -0.39 is 0 Å². The van der Waals surface area contributed by atoms with Gasteiger partial charge in [-0.15, -0.1) is 0 Å². The van der Waals surface area contributed by atoms with Gasteiger partial charge in [-0.05, 0) is 30.7 Å². The zero-order chi connectivity index (χ0) is 15.2. The Hall–Kier alpha value is -1.85. The van der Waals surface area contributed by atoms with E-state index in [1.165, 1.54) is 0 Å². The van der Waals surface area contributed by atoms with Gasteiger partial charge in [-0.25, -0.2) is 0 Å². The lowest BCUT2D eigenvalue weighted by Crippen LogP contribution is -2.51. The van der Waals surface area contributed by atoms with Crippen LogP contribution in [0.1, 0.15) is 12.5 Å². The van der Waals surface area contributed by atoms with Crippen molar-refractivity contribution in [2.24, 2.45) is 5.73 Å². The molecule has 1 aromatic carbocycles. The van der Waals surface area contributed by atoms with E-state index in [2.05, 4.69) is 0 Å². The molecule has 1 heterocycles. The lowest BCUT2D eigenvalue weighted by atomic mass is 10.1. The Morgan fingerprint density at radius 1 is 1.48 bits per heavy atom. The topological polar surface area (TPSA) is 64.8 Å². The number of carbonyl (C=O) groups is 1. The van der Waals surface area contributed by atoms with E-state index in [0.29, 0.717) is 19.7 Å². The molecule has 0 bridgehead atoms. The predicted molar refractivity (Wildman–Crippen MR) is 82.0 cm³/mol. The average molecular weight is 290 g/mol. The van der Waals surface area contributed by atoms with E-state index in [4.69, 9.17) is 15.2 Å². The number of hydrogen-bond acceptors (Lipinski definition) is 4. The molecule has 1 amide bonds. The number of methoxy groups -OCH3 is 1. The number of amides is 1. The maximum Gasteiger partial charge on any atom is 0.246 e. The normalized spacial score (nSPS) is 20.5. The highest BCUT2D eigenvalue weighted by Gasteiger charge is 2.25. The van der Waals surface area contributed by atoms with Crippen LogP contribution in [0.15, 0.2) is 30.3 Å². The Morgan fingerprint density at radius 2 is 2.19 bits per heavy atom. The standard InChI is InChI=1S/C16H22N2O3/c1-12(17)15-11-18(9-10-21-15)16(19)8-5-13-3-6-14(20-2)7-4-13/h3-8,12,15H,9-11,17H2,1-2H3/b8-5+. The molecule has 114 valence electrons. The third-order valence-electron chi connectivity index (χ3n) is 3.53. The second-order valence-corrected chi connectivity index (χ2v) is 5.16. The van der Waals surface area contributed by atoms with Gasteiger partial charge in [0.05, 0.1) is 19.8 Å². The summed E-state index contributed by atoms with van der Waals surface area (Å²) < 4.78 is 10.7. The zero-order valence-corrected chi connectivity index (χ0v) is 12.5. The van der Waals surface area contributed by atoms with Crippen LogP contribution >= 0.6 is 0 Å². The highest BCUT2D eigenvalue weighted by molar-refractivity contribution is 5.91. The Labute approximate surface area is 125 Å². The molecule has 1 fully saturated rings. The summed E-state index contributed by atoms with van der Waals surface area (Å²) in [6, 6.07) is 7.47. The number of rotatable bonds is 4. The van der Waals surface area contributed by atoms with Crippen molar-refractivity contribution >= 4 is 12.0 Å². The number of nitrogens with zero attached hydrogens (tertiary/aromatic N) is 1. The van der Waals surface area contributed by atoms with Gasteiger partial charge in [0.15, 0.2) is 0 Å². The Balaban J connectivity index is 1.94. The van der Waals surface area contributed by atoms with Crippen LogP contribution in [0.25, 0.3) is 6.08 Å². The first-order valence-corrected chi connectivity index (χ1v) is 7.08. The molecule has 1 aliphatic rings. The summed E-state index contributed by atoms with van der Waals surface area (Å²) in [5.41, 5.74) is 6.79. The van der Waals surface area contributed by atoms with Crippen molar-refractivity contribution in [3.8, 4) is 5.75 Å². The SMILES string of the molecule is COc1ccc(/C=C/C(=O)N2CCOC(C(C)N)C2)cc1. The maximum atomic E-state index is 12.2. The molecule has 0 saturated carbocycles. The Bertz CT molecular complexity index is 497. The molecule has 0 aliphatic carbocycles. The summed E-state index contributed by atoms with van der Waals surface area (Å²) in [6.07, 6.45) is 3.31. The van der Waals surface area contributed by atoms with E-state index in [1.54, 1.807) is 24.2 Å². The first-order valence-electron chi connectivity index (χ1n) is 7.08. The number of carbonyl (C=O) groups excluding carboxylic acids is 1. The van der Waals surface area contributed by atoms with Crippen molar-refractivity contribution in [2.75, 3.05) is 26.8 Å². The molecule has 2 unspecified atom stereocenters.